The second-order valence-corrected chi connectivity index (χ2v) is 4.03. The van der Waals surface area contributed by atoms with E-state index < -0.39 is 11.9 Å². The van der Waals surface area contributed by atoms with Gasteiger partial charge in [0.05, 0.1) is 0 Å². The predicted octanol–water partition coefficient (Wildman–Crippen LogP) is 2.52. The number of unbranched alkanes of at least 4 members (excludes halogenated alkanes) is 2. The Bertz CT molecular complexity index is 201. The van der Waals surface area contributed by atoms with Gasteiger partial charge in [0.2, 0.25) is 0 Å². The summed E-state index contributed by atoms with van der Waals surface area (Å²) in [5, 5.41) is 16.9. The van der Waals surface area contributed by atoms with Crippen LogP contribution in [0.15, 0.2) is 0 Å². The van der Waals surface area contributed by atoms with E-state index >= 15 is 0 Å². The Morgan fingerprint density at radius 1 is 0.933 bits per heavy atom. The normalized spacial score (nSPS) is 12.3. The third-order valence-corrected chi connectivity index (χ3v) is 2.44. The second-order valence-electron chi connectivity index (χ2n) is 4.03. The number of carbonyl (C=O) groups is 2. The van der Waals surface area contributed by atoms with Gasteiger partial charge in [-0.2, -0.15) is 0 Å². The summed E-state index contributed by atoms with van der Waals surface area (Å²) in [5.74, 6) is -1.06. The van der Waals surface area contributed by atoms with Crippen LogP contribution in [-0.4, -0.2) is 22.2 Å². The zero-order valence-electron chi connectivity index (χ0n) is 9.24. The molecule has 0 saturated carbocycles. The molecular weight excluding hydrogens is 196 g/mol. The van der Waals surface area contributed by atoms with Gasteiger partial charge in [-0.25, -0.2) is 0 Å². The average molecular weight is 216 g/mol. The molecule has 2 N–H and O–H groups in total. The number of hydrogen-bond acceptors (Lipinski definition) is 2. The quantitative estimate of drug-likeness (QED) is 0.581. The molecule has 1 unspecified atom stereocenters. The number of rotatable bonds is 9. The van der Waals surface area contributed by atoms with Crippen LogP contribution < -0.4 is 0 Å². The maximum atomic E-state index is 10.3. The smallest absolute Gasteiger partial charge is 0.303 e. The van der Waals surface area contributed by atoms with Crippen molar-refractivity contribution in [3.05, 3.63) is 0 Å². The molecule has 0 aromatic rings. The molecule has 0 bridgehead atoms. The minimum atomic E-state index is -0.743. The van der Waals surface area contributed by atoms with Crippen LogP contribution in [0.4, 0.5) is 0 Å². The van der Waals surface area contributed by atoms with Crippen molar-refractivity contribution >= 4 is 11.9 Å². The molecule has 0 radical (unpaired) electrons. The van der Waals surface area contributed by atoms with Crippen molar-refractivity contribution in [1.82, 2.24) is 0 Å². The molecule has 0 aromatic carbocycles. The minimum absolute atomic E-state index is 0.232. The van der Waals surface area contributed by atoms with Crippen LogP contribution in [0.5, 0.6) is 0 Å². The Kier molecular flexibility index (Phi) is 7.68. The molecule has 0 saturated heterocycles. The molecular formula is C11H20O4. The average Bonchev–Trinajstić information content (AvgIpc) is 2.13. The monoisotopic (exact) mass is 216 g/mol. The standard InChI is InChI=1S/C11H20O4/c1-9(7-8-11(14)15)5-3-2-4-6-10(12)13/h9H,2-8H2,1H3,(H,12,13)(H,14,15). The molecule has 0 rings (SSSR count). The van der Waals surface area contributed by atoms with E-state index in [4.69, 9.17) is 10.2 Å². The zero-order chi connectivity index (χ0) is 11.7. The van der Waals surface area contributed by atoms with E-state index in [0.29, 0.717) is 12.3 Å². The number of carboxylic acid groups (broad SMARTS) is 2. The van der Waals surface area contributed by atoms with Gasteiger partial charge in [-0.1, -0.05) is 26.2 Å². The van der Waals surface area contributed by atoms with Gasteiger partial charge in [0.15, 0.2) is 0 Å². The fourth-order valence-electron chi connectivity index (χ4n) is 1.46. The lowest BCUT2D eigenvalue weighted by Crippen LogP contribution is -2.01. The van der Waals surface area contributed by atoms with Gasteiger partial charge in [0, 0.05) is 12.8 Å². The van der Waals surface area contributed by atoms with Crippen molar-refractivity contribution in [3.8, 4) is 0 Å². The van der Waals surface area contributed by atoms with Crippen LogP contribution in [0.25, 0.3) is 0 Å². The summed E-state index contributed by atoms with van der Waals surface area (Å²) in [6, 6.07) is 0. The van der Waals surface area contributed by atoms with Crippen molar-refractivity contribution in [2.24, 2.45) is 5.92 Å². The second kappa shape index (κ2) is 8.26. The van der Waals surface area contributed by atoms with Crippen molar-refractivity contribution < 1.29 is 19.8 Å². The van der Waals surface area contributed by atoms with E-state index in [1.54, 1.807) is 0 Å². The summed E-state index contributed by atoms with van der Waals surface area (Å²) >= 11 is 0. The first-order valence-electron chi connectivity index (χ1n) is 5.46. The van der Waals surface area contributed by atoms with Gasteiger partial charge in [-0.05, 0) is 18.8 Å². The third kappa shape index (κ3) is 10.9. The molecule has 0 aliphatic heterocycles. The maximum absolute atomic E-state index is 10.3. The fraction of sp³-hybridized carbons (Fsp3) is 0.818. The molecule has 0 aliphatic carbocycles. The fourth-order valence-corrected chi connectivity index (χ4v) is 1.46. The van der Waals surface area contributed by atoms with E-state index in [0.717, 1.165) is 25.7 Å². The lowest BCUT2D eigenvalue weighted by Gasteiger charge is -2.08. The first-order valence-corrected chi connectivity index (χ1v) is 5.46. The minimum Gasteiger partial charge on any atom is -0.481 e. The van der Waals surface area contributed by atoms with Gasteiger partial charge < -0.3 is 10.2 Å². The van der Waals surface area contributed by atoms with Gasteiger partial charge in [0.1, 0.15) is 0 Å². The highest BCUT2D eigenvalue weighted by Crippen LogP contribution is 2.15. The number of aliphatic carboxylic acids is 2. The van der Waals surface area contributed by atoms with Crippen LogP contribution in [-0.2, 0) is 9.59 Å². The van der Waals surface area contributed by atoms with Gasteiger partial charge >= 0.3 is 11.9 Å². The first-order chi connectivity index (χ1) is 7.02. The van der Waals surface area contributed by atoms with Gasteiger partial charge in [0.25, 0.3) is 0 Å². The van der Waals surface area contributed by atoms with Crippen molar-refractivity contribution in [2.75, 3.05) is 0 Å². The highest BCUT2D eigenvalue weighted by molar-refractivity contribution is 5.66. The maximum Gasteiger partial charge on any atom is 0.303 e. The summed E-state index contributed by atoms with van der Waals surface area (Å²) in [7, 11) is 0. The van der Waals surface area contributed by atoms with E-state index in [2.05, 4.69) is 0 Å². The first kappa shape index (κ1) is 13.9. The lowest BCUT2D eigenvalue weighted by molar-refractivity contribution is -0.138. The Hall–Kier alpha value is -1.06. The van der Waals surface area contributed by atoms with Crippen molar-refractivity contribution in [3.63, 3.8) is 0 Å². The molecule has 0 spiro atoms. The topological polar surface area (TPSA) is 74.6 Å². The van der Waals surface area contributed by atoms with Crippen LogP contribution in [0.1, 0.15) is 51.9 Å². The Balaban J connectivity index is 3.27. The largest absolute Gasteiger partial charge is 0.481 e. The molecule has 88 valence electrons. The summed E-state index contributed by atoms with van der Waals surface area (Å²) in [5.41, 5.74) is 0. The van der Waals surface area contributed by atoms with Crippen molar-refractivity contribution in [1.29, 1.82) is 0 Å². The molecule has 0 amide bonds. The summed E-state index contributed by atoms with van der Waals surface area (Å²) in [6.45, 7) is 2.04. The lowest BCUT2D eigenvalue weighted by atomic mass is 9.98. The number of carboxylic acids is 2. The molecule has 4 nitrogen and oxygen atoms in total. The summed E-state index contributed by atoms with van der Waals surface area (Å²) < 4.78 is 0. The molecule has 15 heavy (non-hydrogen) atoms. The predicted molar refractivity (Wildman–Crippen MR) is 56.8 cm³/mol. The van der Waals surface area contributed by atoms with Crippen LogP contribution in [0.2, 0.25) is 0 Å². The summed E-state index contributed by atoms with van der Waals surface area (Å²) in [4.78, 5) is 20.5. The Labute approximate surface area is 90.3 Å². The van der Waals surface area contributed by atoms with Crippen LogP contribution >= 0.6 is 0 Å². The molecule has 4 heteroatoms. The molecule has 1 atom stereocenters. The SMILES string of the molecule is CC(CCCCCC(=O)O)CCC(=O)O. The van der Waals surface area contributed by atoms with Crippen molar-refractivity contribution in [2.45, 2.75) is 51.9 Å². The van der Waals surface area contributed by atoms with Gasteiger partial charge in [-0.15, -0.1) is 0 Å². The highest BCUT2D eigenvalue weighted by atomic mass is 16.4. The Morgan fingerprint density at radius 3 is 2.07 bits per heavy atom. The molecule has 0 heterocycles. The van der Waals surface area contributed by atoms with E-state index in [9.17, 15) is 9.59 Å². The summed E-state index contributed by atoms with van der Waals surface area (Å²) in [6.07, 6.45) is 4.82. The van der Waals surface area contributed by atoms with E-state index in [1.165, 1.54) is 0 Å². The molecule has 0 aliphatic rings. The molecule has 0 fully saturated rings. The van der Waals surface area contributed by atoms with Gasteiger partial charge in [-0.3, -0.25) is 9.59 Å². The third-order valence-electron chi connectivity index (χ3n) is 2.44. The highest BCUT2D eigenvalue weighted by Gasteiger charge is 2.05. The van der Waals surface area contributed by atoms with Crippen LogP contribution in [0, 0.1) is 5.92 Å². The zero-order valence-corrected chi connectivity index (χ0v) is 9.24. The Morgan fingerprint density at radius 2 is 1.53 bits per heavy atom. The number of hydrogen-bond donors (Lipinski definition) is 2. The molecule has 0 aromatic heterocycles. The van der Waals surface area contributed by atoms with E-state index in [-0.39, 0.29) is 12.8 Å². The van der Waals surface area contributed by atoms with Crippen LogP contribution in [0.3, 0.4) is 0 Å². The van der Waals surface area contributed by atoms with E-state index in [1.807, 2.05) is 6.92 Å².